The molecule has 0 spiro atoms. The van der Waals surface area contributed by atoms with E-state index in [1.807, 2.05) is 36.5 Å². The third-order valence-electron chi connectivity index (χ3n) is 5.35. The summed E-state index contributed by atoms with van der Waals surface area (Å²) in [7, 11) is 0. The summed E-state index contributed by atoms with van der Waals surface area (Å²) in [5.74, 6) is 1.44. The number of para-hydroxylation sites is 1. The third kappa shape index (κ3) is 3.18. The van der Waals surface area contributed by atoms with Gasteiger partial charge in [0.25, 0.3) is 0 Å². The van der Waals surface area contributed by atoms with Crippen molar-refractivity contribution in [2.45, 2.75) is 37.1 Å². The van der Waals surface area contributed by atoms with Crippen molar-refractivity contribution in [2.75, 3.05) is 13.2 Å². The molecule has 1 fully saturated rings. The maximum Gasteiger partial charge on any atom is 0.189 e. The SMILES string of the molecule is NC(=NCC1(c2ccccn2)CCC1)NC1CCOc2ccccc21. The number of nitrogens with zero attached hydrogens (tertiary/aromatic N) is 2. The van der Waals surface area contributed by atoms with Gasteiger partial charge in [0, 0.05) is 29.3 Å². The zero-order chi connectivity index (χ0) is 17.1. The minimum Gasteiger partial charge on any atom is -0.493 e. The second-order valence-corrected chi connectivity index (χ2v) is 6.92. The van der Waals surface area contributed by atoms with Gasteiger partial charge in [-0.05, 0) is 31.0 Å². The average molecular weight is 336 g/mol. The second kappa shape index (κ2) is 6.75. The topological polar surface area (TPSA) is 72.5 Å². The summed E-state index contributed by atoms with van der Waals surface area (Å²) in [6.07, 6.45) is 6.23. The molecule has 130 valence electrons. The number of pyridine rings is 1. The molecule has 4 rings (SSSR count). The molecule has 1 aromatic carbocycles. The maximum atomic E-state index is 6.20. The zero-order valence-electron chi connectivity index (χ0n) is 14.3. The molecule has 1 aliphatic heterocycles. The van der Waals surface area contributed by atoms with E-state index >= 15 is 0 Å². The van der Waals surface area contributed by atoms with Crippen molar-refractivity contribution in [2.24, 2.45) is 10.7 Å². The van der Waals surface area contributed by atoms with Crippen LogP contribution >= 0.6 is 0 Å². The van der Waals surface area contributed by atoms with Crippen LogP contribution in [0.25, 0.3) is 0 Å². The standard InChI is InChI=1S/C20H24N4O/c21-19(24-16-9-13-25-17-7-2-1-6-15(16)17)23-14-20(10-5-11-20)18-8-3-4-12-22-18/h1-4,6-8,12,16H,5,9-11,13-14H2,(H3,21,23,24). The summed E-state index contributed by atoms with van der Waals surface area (Å²) >= 11 is 0. The minimum atomic E-state index is 0.0567. The molecule has 0 bridgehead atoms. The van der Waals surface area contributed by atoms with Crippen LogP contribution in [0.5, 0.6) is 5.75 Å². The molecule has 2 heterocycles. The van der Waals surface area contributed by atoms with Gasteiger partial charge in [-0.15, -0.1) is 0 Å². The Morgan fingerprint density at radius 2 is 2.08 bits per heavy atom. The van der Waals surface area contributed by atoms with Crippen molar-refractivity contribution in [3.8, 4) is 5.75 Å². The molecule has 5 heteroatoms. The van der Waals surface area contributed by atoms with Crippen LogP contribution in [0.3, 0.4) is 0 Å². The van der Waals surface area contributed by atoms with E-state index in [1.54, 1.807) is 0 Å². The van der Waals surface area contributed by atoms with Gasteiger partial charge in [-0.2, -0.15) is 0 Å². The highest BCUT2D eigenvalue weighted by atomic mass is 16.5. The lowest BCUT2D eigenvalue weighted by atomic mass is 9.66. The molecule has 1 aliphatic carbocycles. The number of ether oxygens (including phenoxy) is 1. The molecule has 2 aromatic rings. The second-order valence-electron chi connectivity index (χ2n) is 6.92. The van der Waals surface area contributed by atoms with E-state index in [4.69, 9.17) is 10.5 Å². The molecular weight excluding hydrogens is 312 g/mol. The Morgan fingerprint density at radius 3 is 2.84 bits per heavy atom. The zero-order valence-corrected chi connectivity index (χ0v) is 14.3. The summed E-state index contributed by atoms with van der Waals surface area (Å²) in [4.78, 5) is 9.21. The van der Waals surface area contributed by atoms with Gasteiger partial charge in [0.1, 0.15) is 5.75 Å². The number of fused-ring (bicyclic) bond motifs is 1. The molecule has 1 unspecified atom stereocenters. The number of nitrogens with one attached hydrogen (secondary N) is 1. The van der Waals surface area contributed by atoms with E-state index in [9.17, 15) is 0 Å². The quantitative estimate of drug-likeness (QED) is 0.665. The minimum absolute atomic E-state index is 0.0567. The number of benzene rings is 1. The number of hydrogen-bond donors (Lipinski definition) is 2. The Kier molecular flexibility index (Phi) is 4.30. The molecule has 5 nitrogen and oxygen atoms in total. The van der Waals surface area contributed by atoms with Crippen molar-refractivity contribution >= 4 is 5.96 Å². The van der Waals surface area contributed by atoms with Crippen LogP contribution in [0.1, 0.15) is 43.0 Å². The first-order chi connectivity index (χ1) is 12.3. The summed E-state index contributed by atoms with van der Waals surface area (Å²) in [5.41, 5.74) is 8.54. The Balaban J connectivity index is 1.46. The first kappa shape index (κ1) is 15.9. The van der Waals surface area contributed by atoms with Gasteiger partial charge in [-0.3, -0.25) is 9.98 Å². The van der Waals surface area contributed by atoms with Crippen LogP contribution in [-0.2, 0) is 5.41 Å². The summed E-state index contributed by atoms with van der Waals surface area (Å²) in [6.45, 7) is 1.38. The predicted octanol–water partition coefficient (Wildman–Crippen LogP) is 2.93. The normalized spacial score (nSPS) is 21.6. The number of guanidine groups is 1. The fraction of sp³-hybridized carbons (Fsp3) is 0.400. The van der Waals surface area contributed by atoms with Gasteiger partial charge in [0.2, 0.25) is 0 Å². The molecule has 1 atom stereocenters. The lowest BCUT2D eigenvalue weighted by Gasteiger charge is -2.40. The first-order valence-corrected chi connectivity index (χ1v) is 8.97. The van der Waals surface area contributed by atoms with Crippen LogP contribution in [0.2, 0.25) is 0 Å². The highest BCUT2D eigenvalue weighted by molar-refractivity contribution is 5.78. The van der Waals surface area contributed by atoms with Crippen molar-refractivity contribution < 1.29 is 4.74 Å². The average Bonchev–Trinajstić information content (AvgIpc) is 2.62. The van der Waals surface area contributed by atoms with Crippen molar-refractivity contribution in [1.29, 1.82) is 0 Å². The number of aromatic nitrogens is 1. The first-order valence-electron chi connectivity index (χ1n) is 8.97. The fourth-order valence-electron chi connectivity index (χ4n) is 3.73. The van der Waals surface area contributed by atoms with Crippen molar-refractivity contribution in [3.05, 3.63) is 59.9 Å². The fourth-order valence-corrected chi connectivity index (χ4v) is 3.73. The maximum absolute atomic E-state index is 6.20. The van der Waals surface area contributed by atoms with Gasteiger partial charge in [0.15, 0.2) is 5.96 Å². The lowest BCUT2D eigenvalue weighted by molar-refractivity contribution is 0.245. The van der Waals surface area contributed by atoms with Crippen LogP contribution in [-0.4, -0.2) is 24.1 Å². The number of rotatable bonds is 4. The van der Waals surface area contributed by atoms with Gasteiger partial charge in [-0.25, -0.2) is 0 Å². The van der Waals surface area contributed by atoms with Gasteiger partial charge in [0.05, 0.1) is 19.2 Å². The summed E-state index contributed by atoms with van der Waals surface area (Å²) in [6, 6.07) is 14.4. The Hall–Kier alpha value is -2.56. The molecule has 0 radical (unpaired) electrons. The van der Waals surface area contributed by atoms with Crippen LogP contribution in [0.4, 0.5) is 0 Å². The molecule has 1 aromatic heterocycles. The molecule has 3 N–H and O–H groups in total. The van der Waals surface area contributed by atoms with E-state index in [-0.39, 0.29) is 11.5 Å². The molecule has 2 aliphatic rings. The van der Waals surface area contributed by atoms with E-state index < -0.39 is 0 Å². The Bertz CT molecular complexity index is 755. The number of hydrogen-bond acceptors (Lipinski definition) is 3. The number of aliphatic imine (C=N–C) groups is 1. The molecule has 0 amide bonds. The van der Waals surface area contributed by atoms with Crippen LogP contribution < -0.4 is 15.8 Å². The van der Waals surface area contributed by atoms with Gasteiger partial charge < -0.3 is 15.8 Å². The van der Waals surface area contributed by atoms with Crippen molar-refractivity contribution in [1.82, 2.24) is 10.3 Å². The summed E-state index contributed by atoms with van der Waals surface area (Å²) in [5, 5.41) is 3.37. The van der Waals surface area contributed by atoms with E-state index in [0.29, 0.717) is 19.1 Å². The summed E-state index contributed by atoms with van der Waals surface area (Å²) < 4.78 is 5.70. The monoisotopic (exact) mass is 336 g/mol. The van der Waals surface area contributed by atoms with Crippen molar-refractivity contribution in [3.63, 3.8) is 0 Å². The molecular formula is C20H24N4O. The largest absolute Gasteiger partial charge is 0.493 e. The smallest absolute Gasteiger partial charge is 0.189 e. The van der Waals surface area contributed by atoms with E-state index in [1.165, 1.54) is 6.42 Å². The third-order valence-corrected chi connectivity index (χ3v) is 5.35. The van der Waals surface area contributed by atoms with Gasteiger partial charge in [-0.1, -0.05) is 30.7 Å². The number of nitrogens with two attached hydrogens (primary N) is 1. The predicted molar refractivity (Wildman–Crippen MR) is 98.7 cm³/mol. The van der Waals surface area contributed by atoms with Gasteiger partial charge >= 0.3 is 0 Å². The van der Waals surface area contributed by atoms with E-state index in [0.717, 1.165) is 36.3 Å². The van der Waals surface area contributed by atoms with Crippen LogP contribution in [0.15, 0.2) is 53.7 Å². The molecule has 1 saturated carbocycles. The Labute approximate surface area is 148 Å². The lowest BCUT2D eigenvalue weighted by Crippen LogP contribution is -2.41. The molecule has 0 saturated heterocycles. The Morgan fingerprint density at radius 1 is 1.24 bits per heavy atom. The highest BCUT2D eigenvalue weighted by Gasteiger charge is 2.39. The van der Waals surface area contributed by atoms with Crippen LogP contribution in [0, 0.1) is 0 Å². The molecule has 25 heavy (non-hydrogen) atoms. The highest BCUT2D eigenvalue weighted by Crippen LogP contribution is 2.43. The van der Waals surface area contributed by atoms with E-state index in [2.05, 4.69) is 27.4 Å².